The van der Waals surface area contributed by atoms with Gasteiger partial charge in [0.05, 0.1) is 10.5 Å². The Kier molecular flexibility index (Phi) is 7.94. The molecule has 3 aromatic rings. The Balaban J connectivity index is 1.74. The van der Waals surface area contributed by atoms with Crippen LogP contribution in [0.5, 0.6) is 5.75 Å². The van der Waals surface area contributed by atoms with Gasteiger partial charge in [0.1, 0.15) is 17.2 Å². The van der Waals surface area contributed by atoms with Crippen molar-refractivity contribution in [2.75, 3.05) is 17.6 Å². The first-order valence-electron chi connectivity index (χ1n) is 11.2. The number of alkyl halides is 3. The monoisotopic (exact) mass is 521 g/mol. The molecule has 1 aromatic carbocycles. The van der Waals surface area contributed by atoms with Crippen LogP contribution in [0.2, 0.25) is 0 Å². The molecule has 0 radical (unpaired) electrons. The van der Waals surface area contributed by atoms with Gasteiger partial charge in [-0.15, -0.1) is 13.2 Å². The lowest BCUT2D eigenvalue weighted by Crippen LogP contribution is -2.24. The highest BCUT2D eigenvalue weighted by Crippen LogP contribution is 2.30. The summed E-state index contributed by atoms with van der Waals surface area (Å²) in [6, 6.07) is 7.93. The highest BCUT2D eigenvalue weighted by atomic mass is 19.4. The Hall–Kier alpha value is -4.29. The number of halogens is 3. The highest BCUT2D eigenvalue weighted by Gasteiger charge is 2.31. The number of pyridine rings is 1. The molecule has 3 rings (SSSR count). The molecule has 0 aliphatic heterocycles. The minimum Gasteiger partial charge on any atom is -0.456 e. The quantitative estimate of drug-likeness (QED) is 0.166. The Labute approximate surface area is 210 Å². The number of nitrogens with one attached hydrogen (secondary N) is 1. The van der Waals surface area contributed by atoms with Crippen LogP contribution in [0.25, 0.3) is 11.1 Å². The van der Waals surface area contributed by atoms with Gasteiger partial charge in [-0.05, 0) is 51.0 Å². The number of aryl methyl sites for hydroxylation is 1. The van der Waals surface area contributed by atoms with Crippen LogP contribution < -0.4 is 15.8 Å². The Morgan fingerprint density at radius 3 is 2.38 bits per heavy atom. The van der Waals surface area contributed by atoms with Crippen LogP contribution in [0.1, 0.15) is 37.6 Å². The smallest absolute Gasteiger partial charge is 0.456 e. The summed E-state index contributed by atoms with van der Waals surface area (Å²) in [5.41, 5.74) is 5.84. The molecule has 13 heteroatoms. The summed E-state index contributed by atoms with van der Waals surface area (Å²) in [5, 5.41) is 13.9. The average Bonchev–Trinajstić information content (AvgIpc) is 3.19. The highest BCUT2D eigenvalue weighted by molar-refractivity contribution is 5.97. The SMILES string of the molecule is CC(C)(C)OC(=O)c1cn(CCCNc2ccc([N+](=O)[O-])c(N)n2)cc1-c1ccc(OC(F)(F)F)cc1. The molecule has 0 bridgehead atoms. The predicted molar refractivity (Wildman–Crippen MR) is 130 cm³/mol. The topological polar surface area (TPSA) is 135 Å². The summed E-state index contributed by atoms with van der Waals surface area (Å²) >= 11 is 0. The fraction of sp³-hybridized carbons (Fsp3) is 0.333. The second-order valence-corrected chi connectivity index (χ2v) is 9.04. The Morgan fingerprint density at radius 2 is 1.81 bits per heavy atom. The first kappa shape index (κ1) is 27.3. The van der Waals surface area contributed by atoms with E-state index in [1.807, 2.05) is 0 Å². The van der Waals surface area contributed by atoms with Gasteiger partial charge < -0.3 is 25.1 Å². The minimum absolute atomic E-state index is 0.196. The van der Waals surface area contributed by atoms with E-state index in [9.17, 15) is 28.1 Å². The number of hydrogen-bond acceptors (Lipinski definition) is 8. The first-order valence-corrected chi connectivity index (χ1v) is 11.2. The number of aromatic nitrogens is 2. The van der Waals surface area contributed by atoms with E-state index >= 15 is 0 Å². The first-order chi connectivity index (χ1) is 17.2. The molecule has 37 heavy (non-hydrogen) atoms. The Bertz CT molecular complexity index is 1270. The molecule has 0 saturated heterocycles. The molecule has 0 spiro atoms. The van der Waals surface area contributed by atoms with Gasteiger partial charge in [-0.2, -0.15) is 0 Å². The number of carbonyl (C=O) groups is 1. The number of hydrogen-bond donors (Lipinski definition) is 2. The lowest BCUT2D eigenvalue weighted by molar-refractivity contribution is -0.384. The van der Waals surface area contributed by atoms with Crippen LogP contribution in [0.15, 0.2) is 48.8 Å². The number of benzene rings is 1. The summed E-state index contributed by atoms with van der Waals surface area (Å²) in [6.45, 7) is 6.12. The van der Waals surface area contributed by atoms with Gasteiger partial charge in [0.15, 0.2) is 0 Å². The van der Waals surface area contributed by atoms with E-state index in [2.05, 4.69) is 15.0 Å². The van der Waals surface area contributed by atoms with E-state index in [0.717, 1.165) is 0 Å². The lowest BCUT2D eigenvalue weighted by Gasteiger charge is -2.19. The molecule has 10 nitrogen and oxygen atoms in total. The van der Waals surface area contributed by atoms with Gasteiger partial charge in [0, 0.05) is 37.1 Å². The lowest BCUT2D eigenvalue weighted by atomic mass is 10.0. The molecule has 0 aliphatic rings. The molecule has 0 aliphatic carbocycles. The summed E-state index contributed by atoms with van der Waals surface area (Å²) in [5.74, 6) is -0.757. The van der Waals surface area contributed by atoms with Crippen molar-refractivity contribution < 1.29 is 32.4 Å². The largest absolute Gasteiger partial charge is 0.573 e. The van der Waals surface area contributed by atoms with E-state index in [1.54, 1.807) is 37.7 Å². The molecular weight excluding hydrogens is 495 g/mol. The van der Waals surface area contributed by atoms with Crippen LogP contribution in [0.4, 0.5) is 30.5 Å². The second-order valence-electron chi connectivity index (χ2n) is 9.04. The van der Waals surface area contributed by atoms with E-state index in [0.29, 0.717) is 36.5 Å². The Morgan fingerprint density at radius 1 is 1.14 bits per heavy atom. The van der Waals surface area contributed by atoms with Crippen molar-refractivity contribution >= 4 is 23.3 Å². The number of nitrogens with two attached hydrogens (primary N) is 1. The third-order valence-corrected chi connectivity index (χ3v) is 4.90. The van der Waals surface area contributed by atoms with Gasteiger partial charge in [-0.25, -0.2) is 9.78 Å². The third-order valence-electron chi connectivity index (χ3n) is 4.90. The number of carbonyl (C=O) groups excluding carboxylic acids is 1. The van der Waals surface area contributed by atoms with Crippen LogP contribution in [0, 0.1) is 10.1 Å². The molecule has 0 amide bonds. The molecule has 2 aromatic heterocycles. The maximum absolute atomic E-state index is 12.9. The number of nitrogen functional groups attached to an aromatic ring is 1. The normalized spacial score (nSPS) is 11.7. The summed E-state index contributed by atoms with van der Waals surface area (Å²) < 4.78 is 48.7. The fourth-order valence-electron chi connectivity index (χ4n) is 3.40. The number of rotatable bonds is 9. The summed E-state index contributed by atoms with van der Waals surface area (Å²) in [4.78, 5) is 27.1. The average molecular weight is 521 g/mol. The van der Waals surface area contributed by atoms with E-state index in [4.69, 9.17) is 10.5 Å². The van der Waals surface area contributed by atoms with Crippen molar-refractivity contribution in [3.63, 3.8) is 0 Å². The van der Waals surface area contributed by atoms with Crippen molar-refractivity contribution in [3.8, 4) is 16.9 Å². The molecule has 198 valence electrons. The van der Waals surface area contributed by atoms with Crippen molar-refractivity contribution in [1.82, 2.24) is 9.55 Å². The van der Waals surface area contributed by atoms with Crippen LogP contribution in [0.3, 0.4) is 0 Å². The van der Waals surface area contributed by atoms with Crippen LogP contribution in [-0.2, 0) is 11.3 Å². The number of nitrogens with zero attached hydrogens (tertiary/aromatic N) is 3. The minimum atomic E-state index is -4.81. The molecule has 0 atom stereocenters. The van der Waals surface area contributed by atoms with E-state index in [-0.39, 0.29) is 22.8 Å². The summed E-state index contributed by atoms with van der Waals surface area (Å²) in [6.07, 6.45) is -0.901. The van der Waals surface area contributed by atoms with Crippen LogP contribution >= 0.6 is 0 Å². The van der Waals surface area contributed by atoms with Crippen molar-refractivity contribution in [2.45, 2.75) is 45.7 Å². The van der Waals surface area contributed by atoms with Crippen molar-refractivity contribution in [1.29, 1.82) is 0 Å². The van der Waals surface area contributed by atoms with E-state index < -0.39 is 22.9 Å². The van der Waals surface area contributed by atoms with Gasteiger partial charge in [0.2, 0.25) is 5.82 Å². The number of esters is 1. The second kappa shape index (κ2) is 10.8. The zero-order chi connectivity index (χ0) is 27.4. The van der Waals surface area contributed by atoms with Crippen molar-refractivity contribution in [3.05, 3.63) is 64.5 Å². The zero-order valence-corrected chi connectivity index (χ0v) is 20.3. The van der Waals surface area contributed by atoms with Gasteiger partial charge in [-0.1, -0.05) is 12.1 Å². The van der Waals surface area contributed by atoms with Crippen LogP contribution in [-0.4, -0.2) is 39.0 Å². The van der Waals surface area contributed by atoms with Gasteiger partial charge in [-0.3, -0.25) is 10.1 Å². The third kappa shape index (κ3) is 7.85. The molecule has 2 heterocycles. The maximum Gasteiger partial charge on any atom is 0.573 e. The predicted octanol–water partition coefficient (Wildman–Crippen LogP) is 5.40. The molecule has 0 saturated carbocycles. The van der Waals surface area contributed by atoms with Crippen molar-refractivity contribution in [2.24, 2.45) is 0 Å². The fourth-order valence-corrected chi connectivity index (χ4v) is 3.40. The molecule has 3 N–H and O–H groups in total. The standard InChI is InChI=1S/C24H26F3N5O5/c1-23(2,3)37-22(33)18-14-31(12-4-11-29-20-10-9-19(32(34)35)21(28)30-20)13-17(18)15-5-7-16(8-6-15)36-24(25,26)27/h5-10,13-14H,4,11-12H2,1-3H3,(H3,28,29,30). The molecule has 0 fully saturated rings. The van der Waals surface area contributed by atoms with Gasteiger partial charge >= 0.3 is 18.0 Å². The van der Waals surface area contributed by atoms with E-state index in [1.165, 1.54) is 36.4 Å². The summed E-state index contributed by atoms with van der Waals surface area (Å²) in [7, 11) is 0. The number of anilines is 2. The van der Waals surface area contributed by atoms with Gasteiger partial charge in [0.25, 0.3) is 0 Å². The zero-order valence-electron chi connectivity index (χ0n) is 20.3. The maximum atomic E-state index is 12.9. The molecule has 0 unspecified atom stereocenters. The molecular formula is C24H26F3N5O5. The number of nitro groups is 1. The number of ether oxygens (including phenoxy) is 2.